The molecule has 0 saturated heterocycles. The third-order valence-electron chi connectivity index (χ3n) is 4.71. The highest BCUT2D eigenvalue weighted by Gasteiger charge is 2.13. The average molecular weight is 371 g/mol. The molecule has 0 bridgehead atoms. The van der Waals surface area contributed by atoms with Gasteiger partial charge in [-0.15, -0.1) is 11.3 Å². The van der Waals surface area contributed by atoms with Crippen molar-refractivity contribution >= 4 is 39.6 Å². The van der Waals surface area contributed by atoms with Crippen molar-refractivity contribution in [3.63, 3.8) is 0 Å². The van der Waals surface area contributed by atoms with E-state index in [0.717, 1.165) is 48.5 Å². The monoisotopic (exact) mass is 370 g/mol. The summed E-state index contributed by atoms with van der Waals surface area (Å²) in [5.74, 6) is 2.42. The molecule has 0 saturated carbocycles. The Hall–Kier alpha value is -1.69. The highest BCUT2D eigenvalue weighted by Crippen LogP contribution is 2.30. The lowest BCUT2D eigenvalue weighted by Gasteiger charge is -2.25. The summed E-state index contributed by atoms with van der Waals surface area (Å²) in [6, 6.07) is 9.99. The number of phenolic OH excluding ortho intramolecular Hbond substituents is 1. The van der Waals surface area contributed by atoms with E-state index < -0.39 is 0 Å². The van der Waals surface area contributed by atoms with Crippen LogP contribution in [0.1, 0.15) is 16.9 Å². The average Bonchev–Trinajstić information content (AvgIpc) is 3.30. The highest BCUT2D eigenvalue weighted by molar-refractivity contribution is 7.98. The Morgan fingerprint density at radius 3 is 3.00 bits per heavy atom. The van der Waals surface area contributed by atoms with Crippen LogP contribution in [-0.2, 0) is 5.75 Å². The molecule has 1 aliphatic rings. The molecule has 3 nitrogen and oxygen atoms in total. The summed E-state index contributed by atoms with van der Waals surface area (Å²) in [7, 11) is 0. The van der Waals surface area contributed by atoms with E-state index in [9.17, 15) is 5.11 Å². The molecular formula is C20H22N2OS2. The molecule has 25 heavy (non-hydrogen) atoms. The van der Waals surface area contributed by atoms with Gasteiger partial charge in [0.1, 0.15) is 5.75 Å². The molecule has 0 fully saturated rings. The standard InChI is InChI=1S/C20H22N2OS2/c23-18-4-1-3-17-20(18)16(13-21-17)14-24-12-10-22-8-6-15(7-9-22)19-5-2-11-25-19/h1-6,11,13,21,23H,7-10,12,14H2. The maximum absolute atomic E-state index is 10.1. The molecule has 3 aromatic rings. The summed E-state index contributed by atoms with van der Waals surface area (Å²) >= 11 is 3.77. The molecule has 1 aromatic carbocycles. The van der Waals surface area contributed by atoms with Crippen molar-refractivity contribution in [3.05, 3.63) is 58.4 Å². The van der Waals surface area contributed by atoms with E-state index in [1.807, 2.05) is 41.4 Å². The zero-order valence-electron chi connectivity index (χ0n) is 14.1. The number of fused-ring (bicyclic) bond motifs is 1. The molecule has 130 valence electrons. The number of benzene rings is 1. The van der Waals surface area contributed by atoms with Crippen molar-refractivity contribution in [1.29, 1.82) is 0 Å². The molecule has 1 aliphatic heterocycles. The number of thioether (sulfide) groups is 1. The predicted molar refractivity (Wildman–Crippen MR) is 109 cm³/mol. The Bertz CT molecular complexity index is 867. The van der Waals surface area contributed by atoms with Crippen LogP contribution in [0.2, 0.25) is 0 Å². The normalized spacial score (nSPS) is 15.6. The van der Waals surface area contributed by atoms with E-state index >= 15 is 0 Å². The van der Waals surface area contributed by atoms with Crippen LogP contribution in [0.4, 0.5) is 0 Å². The second kappa shape index (κ2) is 7.68. The van der Waals surface area contributed by atoms with Gasteiger partial charge in [-0.05, 0) is 41.1 Å². The molecule has 0 unspecified atom stereocenters. The van der Waals surface area contributed by atoms with Gasteiger partial charge < -0.3 is 10.1 Å². The maximum atomic E-state index is 10.1. The zero-order chi connectivity index (χ0) is 17.1. The molecule has 0 spiro atoms. The van der Waals surface area contributed by atoms with Crippen LogP contribution in [0, 0.1) is 0 Å². The van der Waals surface area contributed by atoms with Crippen molar-refractivity contribution in [3.8, 4) is 5.75 Å². The number of rotatable bonds is 6. The summed E-state index contributed by atoms with van der Waals surface area (Å²) in [4.78, 5) is 7.20. The molecule has 0 aliphatic carbocycles. The molecule has 3 heterocycles. The van der Waals surface area contributed by atoms with Gasteiger partial charge in [-0.3, -0.25) is 4.90 Å². The number of nitrogens with zero attached hydrogens (tertiary/aromatic N) is 1. The minimum Gasteiger partial charge on any atom is -0.507 e. The molecule has 2 aromatic heterocycles. The van der Waals surface area contributed by atoms with Crippen LogP contribution in [0.5, 0.6) is 5.75 Å². The second-order valence-electron chi connectivity index (χ2n) is 6.32. The number of hydrogen-bond acceptors (Lipinski definition) is 4. The van der Waals surface area contributed by atoms with Crippen molar-refractivity contribution in [1.82, 2.24) is 9.88 Å². The Labute approximate surface area is 156 Å². The minimum absolute atomic E-state index is 0.372. The fraction of sp³-hybridized carbons (Fsp3) is 0.300. The third kappa shape index (κ3) is 3.78. The topological polar surface area (TPSA) is 39.3 Å². The summed E-state index contributed by atoms with van der Waals surface area (Å²) in [6.07, 6.45) is 5.56. The first-order valence-electron chi connectivity index (χ1n) is 8.62. The number of aromatic amines is 1. The molecular weight excluding hydrogens is 348 g/mol. The van der Waals surface area contributed by atoms with Gasteiger partial charge >= 0.3 is 0 Å². The first kappa shape index (κ1) is 16.8. The molecule has 5 heteroatoms. The first-order chi connectivity index (χ1) is 12.3. The minimum atomic E-state index is 0.372. The van der Waals surface area contributed by atoms with E-state index in [4.69, 9.17) is 0 Å². The fourth-order valence-corrected chi connectivity index (χ4v) is 5.10. The number of phenols is 1. The lowest BCUT2D eigenvalue weighted by atomic mass is 10.1. The summed E-state index contributed by atoms with van der Waals surface area (Å²) in [6.45, 7) is 3.33. The summed E-state index contributed by atoms with van der Waals surface area (Å²) in [5.41, 5.74) is 3.71. The summed E-state index contributed by atoms with van der Waals surface area (Å²) < 4.78 is 0. The number of aromatic nitrogens is 1. The number of aromatic hydroxyl groups is 1. The van der Waals surface area contributed by atoms with E-state index in [1.54, 1.807) is 6.07 Å². The van der Waals surface area contributed by atoms with Crippen molar-refractivity contribution in [2.75, 3.05) is 25.4 Å². The number of nitrogens with one attached hydrogen (secondary N) is 1. The molecule has 2 N–H and O–H groups in total. The molecule has 0 radical (unpaired) electrons. The Kier molecular flexibility index (Phi) is 5.15. The quantitative estimate of drug-likeness (QED) is 0.603. The lowest BCUT2D eigenvalue weighted by molar-refractivity contribution is 0.321. The third-order valence-corrected chi connectivity index (χ3v) is 6.64. The van der Waals surface area contributed by atoms with Gasteiger partial charge in [-0.25, -0.2) is 0 Å². The largest absolute Gasteiger partial charge is 0.507 e. The van der Waals surface area contributed by atoms with Gasteiger partial charge in [0, 0.05) is 53.1 Å². The van der Waals surface area contributed by atoms with E-state index in [-0.39, 0.29) is 0 Å². The van der Waals surface area contributed by atoms with Crippen LogP contribution >= 0.6 is 23.1 Å². The molecule has 4 rings (SSSR count). The van der Waals surface area contributed by atoms with Crippen LogP contribution in [0.15, 0.2) is 48.0 Å². The fourth-order valence-electron chi connectivity index (χ4n) is 3.32. The van der Waals surface area contributed by atoms with Crippen LogP contribution < -0.4 is 0 Å². The smallest absolute Gasteiger partial charge is 0.125 e. The zero-order valence-corrected chi connectivity index (χ0v) is 15.7. The number of hydrogen-bond donors (Lipinski definition) is 2. The second-order valence-corrected chi connectivity index (χ2v) is 8.38. The molecule has 0 atom stereocenters. The van der Waals surface area contributed by atoms with E-state index in [2.05, 4.69) is 33.5 Å². The SMILES string of the molecule is Oc1cccc2[nH]cc(CSCCN3CC=C(c4cccs4)CC3)c12. The number of thiophene rings is 1. The van der Waals surface area contributed by atoms with Gasteiger partial charge in [0.25, 0.3) is 0 Å². The van der Waals surface area contributed by atoms with Crippen molar-refractivity contribution in [2.24, 2.45) is 0 Å². The number of H-pyrrole nitrogens is 1. The Morgan fingerprint density at radius 1 is 1.24 bits per heavy atom. The van der Waals surface area contributed by atoms with Gasteiger partial charge in [0.05, 0.1) is 0 Å². The van der Waals surface area contributed by atoms with Gasteiger partial charge in [-0.2, -0.15) is 11.8 Å². The van der Waals surface area contributed by atoms with Gasteiger partial charge in [0.15, 0.2) is 0 Å². The molecule has 0 amide bonds. The van der Waals surface area contributed by atoms with Crippen LogP contribution in [0.3, 0.4) is 0 Å². The first-order valence-corrected chi connectivity index (χ1v) is 10.7. The summed E-state index contributed by atoms with van der Waals surface area (Å²) in [5, 5.41) is 13.2. The Morgan fingerprint density at radius 2 is 2.20 bits per heavy atom. The maximum Gasteiger partial charge on any atom is 0.125 e. The van der Waals surface area contributed by atoms with Crippen molar-refractivity contribution in [2.45, 2.75) is 12.2 Å². The van der Waals surface area contributed by atoms with Crippen LogP contribution in [-0.4, -0.2) is 40.4 Å². The van der Waals surface area contributed by atoms with Crippen molar-refractivity contribution < 1.29 is 5.11 Å². The lowest BCUT2D eigenvalue weighted by Crippen LogP contribution is -2.30. The van der Waals surface area contributed by atoms with Crippen LogP contribution in [0.25, 0.3) is 16.5 Å². The van der Waals surface area contributed by atoms with E-state index in [0.29, 0.717) is 5.75 Å². The predicted octanol–water partition coefficient (Wildman–Crippen LogP) is 4.96. The van der Waals surface area contributed by atoms with Gasteiger partial charge in [0.2, 0.25) is 0 Å². The highest BCUT2D eigenvalue weighted by atomic mass is 32.2. The van der Waals surface area contributed by atoms with Gasteiger partial charge in [-0.1, -0.05) is 18.2 Å². The van der Waals surface area contributed by atoms with E-state index in [1.165, 1.54) is 16.0 Å². The Balaban J connectivity index is 1.26.